The van der Waals surface area contributed by atoms with Gasteiger partial charge in [-0.15, -0.1) is 0 Å². The van der Waals surface area contributed by atoms with Crippen LogP contribution in [0.4, 0.5) is 0 Å². The third kappa shape index (κ3) is 2.35. The summed E-state index contributed by atoms with van der Waals surface area (Å²) in [6, 6.07) is 8.60. The average Bonchev–Trinajstić information content (AvgIpc) is 2.09. The summed E-state index contributed by atoms with van der Waals surface area (Å²) in [6.45, 7) is 4.17. The Morgan fingerprint density at radius 3 is 2.08 bits per heavy atom. The fraction of sp³-hybridized carbons (Fsp3) is 0.333. The highest BCUT2D eigenvalue weighted by atomic mass is 15.1. The predicted molar refractivity (Wildman–Crippen MR) is 58.5 cm³/mol. The van der Waals surface area contributed by atoms with Gasteiger partial charge in [0.1, 0.15) is 0 Å². The van der Waals surface area contributed by atoms with Crippen LogP contribution < -0.4 is 0 Å². The van der Waals surface area contributed by atoms with Crippen molar-refractivity contribution in [1.29, 1.82) is 0 Å². The maximum Gasteiger partial charge on any atom is 0.0391 e. The molecule has 1 nitrogen and oxygen atoms in total. The molecule has 0 radical (unpaired) electrons. The second kappa shape index (κ2) is 4.13. The molecule has 0 saturated carbocycles. The summed E-state index contributed by atoms with van der Waals surface area (Å²) in [4.78, 5) is 2.13. The molecule has 0 fully saturated rings. The monoisotopic (exact) mass is 175 g/mol. The minimum atomic E-state index is 1.26. The molecule has 0 aliphatic heterocycles. The van der Waals surface area contributed by atoms with Crippen LogP contribution in [0, 0.1) is 6.92 Å². The van der Waals surface area contributed by atoms with Gasteiger partial charge in [0.15, 0.2) is 0 Å². The fourth-order valence-corrected chi connectivity index (χ4v) is 1.41. The Morgan fingerprint density at radius 2 is 1.69 bits per heavy atom. The van der Waals surface area contributed by atoms with Gasteiger partial charge in [-0.2, -0.15) is 0 Å². The smallest absolute Gasteiger partial charge is 0.0391 e. The highest BCUT2D eigenvalue weighted by Crippen LogP contribution is 2.16. The Labute approximate surface area is 80.7 Å². The van der Waals surface area contributed by atoms with Crippen molar-refractivity contribution in [2.45, 2.75) is 13.8 Å². The largest absolute Gasteiger partial charge is 0.377 e. The first kappa shape index (κ1) is 9.85. The summed E-state index contributed by atoms with van der Waals surface area (Å²) in [6.07, 6.45) is 2.13. The first-order valence-corrected chi connectivity index (χ1v) is 4.56. The van der Waals surface area contributed by atoms with Crippen LogP contribution in [0.5, 0.6) is 0 Å². The van der Waals surface area contributed by atoms with Crippen molar-refractivity contribution < 1.29 is 0 Å². The molecule has 0 heterocycles. The molecule has 0 unspecified atom stereocenters. The molecule has 1 aromatic carbocycles. The number of aryl methyl sites for hydroxylation is 1. The van der Waals surface area contributed by atoms with Gasteiger partial charge in [-0.05, 0) is 19.4 Å². The molecule has 1 aromatic rings. The predicted octanol–water partition coefficient (Wildman–Crippen LogP) is 2.92. The molecule has 0 N–H and O–H groups in total. The van der Waals surface area contributed by atoms with Crippen molar-refractivity contribution in [3.8, 4) is 0 Å². The molecule has 0 amide bonds. The van der Waals surface area contributed by atoms with E-state index in [1.165, 1.54) is 16.8 Å². The molecule has 13 heavy (non-hydrogen) atoms. The van der Waals surface area contributed by atoms with Crippen LogP contribution in [0.25, 0.3) is 5.70 Å². The number of hydrogen-bond acceptors (Lipinski definition) is 1. The zero-order chi connectivity index (χ0) is 9.84. The summed E-state index contributed by atoms with van der Waals surface area (Å²) in [5.74, 6) is 0. The SMILES string of the molecule is C/C=C(/c1ccc(C)cc1)N(C)C. The van der Waals surface area contributed by atoms with Crippen molar-refractivity contribution >= 4 is 5.70 Å². The Balaban J connectivity index is 3.00. The van der Waals surface area contributed by atoms with Gasteiger partial charge in [-0.1, -0.05) is 35.9 Å². The Bertz CT molecular complexity index is 293. The number of allylic oxidation sites excluding steroid dienone is 1. The van der Waals surface area contributed by atoms with Crippen molar-refractivity contribution in [3.63, 3.8) is 0 Å². The number of rotatable bonds is 2. The molecule has 0 saturated heterocycles. The van der Waals surface area contributed by atoms with Crippen LogP contribution in [-0.4, -0.2) is 19.0 Å². The molecule has 0 aromatic heterocycles. The van der Waals surface area contributed by atoms with Gasteiger partial charge in [-0.3, -0.25) is 0 Å². The molecule has 0 aliphatic rings. The summed E-state index contributed by atoms with van der Waals surface area (Å²) in [7, 11) is 4.13. The molecular formula is C12H17N. The summed E-state index contributed by atoms with van der Waals surface area (Å²) in [5, 5.41) is 0. The molecule has 0 aliphatic carbocycles. The summed E-state index contributed by atoms with van der Waals surface area (Å²) >= 11 is 0. The minimum Gasteiger partial charge on any atom is -0.377 e. The Morgan fingerprint density at radius 1 is 1.15 bits per heavy atom. The highest BCUT2D eigenvalue weighted by Gasteiger charge is 2.00. The summed E-state index contributed by atoms with van der Waals surface area (Å²) < 4.78 is 0. The van der Waals surface area contributed by atoms with Crippen molar-refractivity contribution in [2.24, 2.45) is 0 Å². The van der Waals surface area contributed by atoms with E-state index >= 15 is 0 Å². The zero-order valence-corrected chi connectivity index (χ0v) is 8.83. The van der Waals surface area contributed by atoms with E-state index in [0.717, 1.165) is 0 Å². The lowest BCUT2D eigenvalue weighted by atomic mass is 10.1. The lowest BCUT2D eigenvalue weighted by molar-refractivity contribution is 0.591. The number of benzene rings is 1. The van der Waals surface area contributed by atoms with E-state index in [1.54, 1.807) is 0 Å². The van der Waals surface area contributed by atoms with Crippen LogP contribution in [-0.2, 0) is 0 Å². The van der Waals surface area contributed by atoms with Gasteiger partial charge in [-0.25, -0.2) is 0 Å². The molecule has 0 spiro atoms. The van der Waals surface area contributed by atoms with Gasteiger partial charge in [0.05, 0.1) is 0 Å². The van der Waals surface area contributed by atoms with Gasteiger partial charge < -0.3 is 4.90 Å². The van der Waals surface area contributed by atoms with Crippen molar-refractivity contribution in [1.82, 2.24) is 4.90 Å². The first-order valence-electron chi connectivity index (χ1n) is 4.56. The van der Waals surface area contributed by atoms with E-state index in [1.807, 2.05) is 0 Å². The molecule has 1 rings (SSSR count). The second-order valence-electron chi connectivity index (χ2n) is 3.43. The minimum absolute atomic E-state index is 1.26. The highest BCUT2D eigenvalue weighted by molar-refractivity contribution is 5.63. The van der Waals surface area contributed by atoms with Crippen molar-refractivity contribution in [2.75, 3.05) is 14.1 Å². The van der Waals surface area contributed by atoms with Crippen LogP contribution in [0.2, 0.25) is 0 Å². The van der Waals surface area contributed by atoms with Gasteiger partial charge >= 0.3 is 0 Å². The van der Waals surface area contributed by atoms with E-state index in [4.69, 9.17) is 0 Å². The normalized spacial score (nSPS) is 11.5. The first-order chi connectivity index (χ1) is 6.15. The maximum atomic E-state index is 2.16. The van der Waals surface area contributed by atoms with Crippen LogP contribution in [0.3, 0.4) is 0 Å². The van der Waals surface area contributed by atoms with Gasteiger partial charge in [0.2, 0.25) is 0 Å². The molecular weight excluding hydrogens is 158 g/mol. The van der Waals surface area contributed by atoms with Crippen LogP contribution >= 0.6 is 0 Å². The third-order valence-electron chi connectivity index (χ3n) is 2.10. The van der Waals surface area contributed by atoms with Crippen LogP contribution in [0.15, 0.2) is 30.3 Å². The topological polar surface area (TPSA) is 3.24 Å². The zero-order valence-electron chi connectivity index (χ0n) is 8.83. The van der Waals surface area contributed by atoms with E-state index < -0.39 is 0 Å². The molecule has 1 heteroatoms. The third-order valence-corrected chi connectivity index (χ3v) is 2.10. The fourth-order valence-electron chi connectivity index (χ4n) is 1.41. The second-order valence-corrected chi connectivity index (χ2v) is 3.43. The molecule has 70 valence electrons. The number of nitrogens with zero attached hydrogens (tertiary/aromatic N) is 1. The molecule has 0 atom stereocenters. The molecule has 0 bridgehead atoms. The van der Waals surface area contributed by atoms with Crippen molar-refractivity contribution in [3.05, 3.63) is 41.5 Å². The Hall–Kier alpha value is -1.24. The van der Waals surface area contributed by atoms with Gasteiger partial charge in [0.25, 0.3) is 0 Å². The van der Waals surface area contributed by atoms with E-state index in [0.29, 0.717) is 0 Å². The lowest BCUT2D eigenvalue weighted by Gasteiger charge is -2.17. The summed E-state index contributed by atoms with van der Waals surface area (Å²) in [5.41, 5.74) is 3.84. The Kier molecular flexibility index (Phi) is 3.13. The number of hydrogen-bond donors (Lipinski definition) is 0. The van der Waals surface area contributed by atoms with E-state index in [9.17, 15) is 0 Å². The van der Waals surface area contributed by atoms with E-state index in [-0.39, 0.29) is 0 Å². The quantitative estimate of drug-likeness (QED) is 0.668. The standard InChI is InChI=1S/C12H17N/c1-5-12(13(3)4)11-8-6-10(2)7-9-11/h5-9H,1-4H3/b12-5-. The van der Waals surface area contributed by atoms with Gasteiger partial charge in [0, 0.05) is 19.8 Å². The van der Waals surface area contributed by atoms with E-state index in [2.05, 4.69) is 63.2 Å². The average molecular weight is 175 g/mol. The maximum absolute atomic E-state index is 2.16. The lowest BCUT2D eigenvalue weighted by Crippen LogP contribution is -2.09. The van der Waals surface area contributed by atoms with Crippen LogP contribution in [0.1, 0.15) is 18.1 Å².